The molecule has 4 aromatic carbocycles. The van der Waals surface area contributed by atoms with Crippen LogP contribution in [0.1, 0.15) is 41.8 Å². The molecule has 0 radical (unpaired) electrons. The lowest BCUT2D eigenvalue weighted by Crippen LogP contribution is -2.12. The maximum Gasteiger partial charge on any atom is 0.339 e. The molecule has 0 saturated heterocycles. The number of hydrogen-bond acceptors (Lipinski definition) is 10. The average Bonchev–Trinajstić information content (AvgIpc) is 4.04. The normalized spacial score (nSPS) is 10.9. The van der Waals surface area contributed by atoms with Crippen molar-refractivity contribution in [3.8, 4) is 33.8 Å². The molecule has 0 aliphatic carbocycles. The fraction of sp³-hybridized carbons (Fsp3) is 0.0476. The van der Waals surface area contributed by atoms with E-state index in [1.54, 1.807) is 48.5 Å². The van der Waals surface area contributed by atoms with Gasteiger partial charge in [0, 0.05) is 49.9 Å². The molecule has 0 unspecified atom stereocenters. The fourth-order valence-electron chi connectivity index (χ4n) is 6.06. The molecule has 0 atom stereocenters. The number of anilines is 2. The number of para-hydroxylation sites is 2. The maximum atomic E-state index is 14.7. The molecule has 8 rings (SSSR count). The topological polar surface area (TPSA) is 178 Å². The smallest absolute Gasteiger partial charge is 0.339 e. The largest absolute Gasteiger partial charge is 0.494 e. The molecule has 0 bridgehead atoms. The predicted octanol–water partition coefficient (Wildman–Crippen LogP) is 10.8. The van der Waals surface area contributed by atoms with Gasteiger partial charge in [-0.25, -0.2) is 27.2 Å². The summed E-state index contributed by atoms with van der Waals surface area (Å²) >= 11 is 1.78. The minimum Gasteiger partial charge on any atom is -0.494 e. The minimum atomic E-state index is -1.40. The van der Waals surface area contributed by atoms with Crippen LogP contribution in [0.4, 0.5) is 27.6 Å². The van der Waals surface area contributed by atoms with Crippen LogP contribution >= 0.6 is 22.7 Å². The third-order valence-electron chi connectivity index (χ3n) is 8.84. The molecular weight excluding hydrogens is 833 g/mol. The zero-order valence-corrected chi connectivity index (χ0v) is 32.4. The second-order valence-corrected chi connectivity index (χ2v) is 14.2. The second-order valence-electron chi connectivity index (χ2n) is 12.4. The number of nitrogens with one attached hydrogen (secondary N) is 2. The van der Waals surface area contributed by atoms with E-state index in [-0.39, 0.29) is 60.7 Å². The summed E-state index contributed by atoms with van der Waals surface area (Å²) < 4.78 is 77.3. The Morgan fingerprint density at radius 1 is 0.583 bits per heavy atom. The van der Waals surface area contributed by atoms with Gasteiger partial charge in [0.25, 0.3) is 11.8 Å². The molecular formula is C42H26F4N2O10S2. The van der Waals surface area contributed by atoms with E-state index in [1.165, 1.54) is 30.0 Å². The van der Waals surface area contributed by atoms with Gasteiger partial charge in [-0.1, -0.05) is 36.4 Å². The minimum absolute atomic E-state index is 0.00267. The van der Waals surface area contributed by atoms with E-state index in [2.05, 4.69) is 10.6 Å². The molecule has 8 aromatic rings. The molecule has 2 amide bonds. The number of carboxylic acids is 2. The molecule has 4 N–H and O–H groups in total. The van der Waals surface area contributed by atoms with Crippen LogP contribution in [0.3, 0.4) is 0 Å². The lowest BCUT2D eigenvalue weighted by Gasteiger charge is -2.09. The first kappa shape index (κ1) is 40.7. The number of furan rings is 2. The van der Waals surface area contributed by atoms with Gasteiger partial charge in [-0.05, 0) is 42.5 Å². The zero-order valence-electron chi connectivity index (χ0n) is 30.7. The van der Waals surface area contributed by atoms with E-state index in [9.17, 15) is 47.0 Å². The maximum absolute atomic E-state index is 14.7. The van der Waals surface area contributed by atoms with E-state index >= 15 is 0 Å². The van der Waals surface area contributed by atoms with E-state index in [0.717, 1.165) is 54.0 Å². The third kappa shape index (κ3) is 7.88. The average molecular weight is 859 g/mol. The number of carbonyl (C=O) groups excluding carboxylic acids is 2. The molecule has 0 fully saturated rings. The van der Waals surface area contributed by atoms with Crippen LogP contribution in [-0.2, 0) is 0 Å². The molecule has 60 heavy (non-hydrogen) atoms. The fourth-order valence-corrected chi connectivity index (χ4v) is 7.95. The van der Waals surface area contributed by atoms with Gasteiger partial charge in [0.1, 0.15) is 38.1 Å². The molecule has 0 saturated carbocycles. The van der Waals surface area contributed by atoms with Crippen LogP contribution in [-0.4, -0.2) is 48.2 Å². The van der Waals surface area contributed by atoms with E-state index < -0.39 is 52.8 Å². The third-order valence-corrected chi connectivity index (χ3v) is 10.6. The van der Waals surface area contributed by atoms with E-state index in [4.69, 9.17) is 18.3 Å². The lowest BCUT2D eigenvalue weighted by molar-refractivity contribution is 0.0688. The number of thiophene rings is 2. The Morgan fingerprint density at radius 3 is 1.55 bits per heavy atom. The Balaban J connectivity index is 0.000000181. The van der Waals surface area contributed by atoms with Crippen LogP contribution in [0.15, 0.2) is 105 Å². The van der Waals surface area contributed by atoms with Gasteiger partial charge in [-0.3, -0.25) is 9.59 Å². The first-order valence-corrected chi connectivity index (χ1v) is 18.9. The second kappa shape index (κ2) is 16.8. The van der Waals surface area contributed by atoms with Crippen molar-refractivity contribution in [3.05, 3.63) is 142 Å². The van der Waals surface area contributed by atoms with Crippen molar-refractivity contribution in [1.29, 1.82) is 0 Å². The summed E-state index contributed by atoms with van der Waals surface area (Å²) in [5.74, 6) is -8.69. The van der Waals surface area contributed by atoms with Crippen LogP contribution in [0.25, 0.3) is 44.2 Å². The van der Waals surface area contributed by atoms with Crippen LogP contribution < -0.4 is 20.1 Å². The molecule has 4 aromatic heterocycles. The van der Waals surface area contributed by atoms with Gasteiger partial charge in [-0.15, -0.1) is 22.7 Å². The van der Waals surface area contributed by atoms with Gasteiger partial charge < -0.3 is 39.2 Å². The molecule has 4 heterocycles. The van der Waals surface area contributed by atoms with Gasteiger partial charge in [-0.2, -0.15) is 0 Å². The Bertz CT molecular complexity index is 2920. The van der Waals surface area contributed by atoms with Crippen LogP contribution in [0, 0.1) is 23.3 Å². The van der Waals surface area contributed by atoms with Crippen molar-refractivity contribution in [2.45, 2.75) is 0 Å². The number of carbonyl (C=O) groups is 4. The highest BCUT2D eigenvalue weighted by atomic mass is 32.1. The van der Waals surface area contributed by atoms with Crippen LogP contribution in [0.2, 0.25) is 0 Å². The summed E-state index contributed by atoms with van der Waals surface area (Å²) in [6.07, 6.45) is 0. The Labute approximate surface area is 342 Å². The van der Waals surface area contributed by atoms with Gasteiger partial charge in [0.2, 0.25) is 0 Å². The highest BCUT2D eigenvalue weighted by molar-refractivity contribution is 7.15. The highest BCUT2D eigenvalue weighted by Gasteiger charge is 2.27. The number of aromatic carboxylic acids is 2. The SMILES string of the molecule is COc1c(F)ccc(-c2csc(NC(=O)c3cc4ccccc4o3)c2C(=O)O)c1F.COc1cc(F)c(-c2csc(NC(=O)c3cc4ccccc4o3)c2C(=O)O)cc1F. The Kier molecular flexibility index (Phi) is 11.4. The Morgan fingerprint density at radius 2 is 1.08 bits per heavy atom. The van der Waals surface area contributed by atoms with E-state index in [1.807, 2.05) is 0 Å². The molecule has 12 nitrogen and oxygen atoms in total. The van der Waals surface area contributed by atoms with Crippen molar-refractivity contribution < 1.29 is 65.3 Å². The van der Waals surface area contributed by atoms with Crippen molar-refractivity contribution in [2.24, 2.45) is 0 Å². The predicted molar refractivity (Wildman–Crippen MR) is 215 cm³/mol. The molecule has 304 valence electrons. The number of carboxylic acid groups (broad SMARTS) is 2. The van der Waals surface area contributed by atoms with Crippen LogP contribution in [0.5, 0.6) is 11.5 Å². The number of hydrogen-bond donors (Lipinski definition) is 4. The summed E-state index contributed by atoms with van der Waals surface area (Å²) in [6.45, 7) is 0. The number of ether oxygens (including phenoxy) is 2. The van der Waals surface area contributed by atoms with Crippen molar-refractivity contribution in [3.63, 3.8) is 0 Å². The zero-order chi connectivity index (χ0) is 42.8. The lowest BCUT2D eigenvalue weighted by atomic mass is 10.0. The molecule has 0 spiro atoms. The monoisotopic (exact) mass is 858 g/mol. The number of rotatable bonds is 10. The van der Waals surface area contributed by atoms with Gasteiger partial charge in [0.05, 0.1) is 14.2 Å². The van der Waals surface area contributed by atoms with Crippen molar-refractivity contribution >= 4 is 78.4 Å². The molecule has 0 aliphatic rings. The number of fused-ring (bicyclic) bond motifs is 2. The molecule has 18 heteroatoms. The summed E-state index contributed by atoms with van der Waals surface area (Å²) in [7, 11) is 2.30. The summed E-state index contributed by atoms with van der Waals surface area (Å²) in [5, 5.41) is 28.4. The van der Waals surface area contributed by atoms with Crippen molar-refractivity contribution in [2.75, 3.05) is 24.9 Å². The van der Waals surface area contributed by atoms with E-state index in [0.29, 0.717) is 21.9 Å². The quantitative estimate of drug-likeness (QED) is 0.0968. The summed E-state index contributed by atoms with van der Waals surface area (Å²) in [5.41, 5.74) is -0.158. The summed E-state index contributed by atoms with van der Waals surface area (Å²) in [6, 6.07) is 20.9. The first-order valence-electron chi connectivity index (χ1n) is 17.1. The van der Waals surface area contributed by atoms with Gasteiger partial charge in [0.15, 0.2) is 40.5 Å². The number of benzene rings is 4. The number of halogens is 4. The number of amides is 2. The Hall–Kier alpha value is -7.44. The number of methoxy groups -OCH3 is 2. The first-order chi connectivity index (χ1) is 28.8. The summed E-state index contributed by atoms with van der Waals surface area (Å²) in [4.78, 5) is 48.9. The van der Waals surface area contributed by atoms with Crippen molar-refractivity contribution in [1.82, 2.24) is 0 Å². The van der Waals surface area contributed by atoms with Gasteiger partial charge >= 0.3 is 11.9 Å². The highest BCUT2D eigenvalue weighted by Crippen LogP contribution is 2.41. The standard InChI is InChI=1S/2C21H13F2NO5S/c1-28-16-8-13(22)11(7-14(16)23)12-9-30-20(18(12)21(26)27)24-19(25)17-6-10-4-2-3-5-15(10)29-17;1-28-18-13(22)7-6-11(17(18)23)12-9-30-20(16(12)21(26)27)24-19(25)15-8-10-4-2-3-5-14(10)29-15/h2*2-9H,1H3,(H,24,25)(H,26,27). The molecule has 0 aliphatic heterocycles.